The Hall–Kier alpha value is -3.36. The highest BCUT2D eigenvalue weighted by molar-refractivity contribution is 5.92. The Morgan fingerprint density at radius 1 is 1.24 bits per heavy atom. The Morgan fingerprint density at radius 3 is 2.56 bits per heavy atom. The van der Waals surface area contributed by atoms with Gasteiger partial charge in [-0.2, -0.15) is 5.10 Å². The van der Waals surface area contributed by atoms with Crippen LogP contribution >= 0.6 is 0 Å². The molecule has 1 unspecified atom stereocenters. The average Bonchev–Trinajstić information content (AvgIpc) is 2.60. The van der Waals surface area contributed by atoms with Gasteiger partial charge >= 0.3 is 5.97 Å². The van der Waals surface area contributed by atoms with E-state index in [2.05, 4.69) is 15.5 Å². The maximum absolute atomic E-state index is 12.3. The van der Waals surface area contributed by atoms with Crippen LogP contribution in [0, 0.1) is 0 Å². The summed E-state index contributed by atoms with van der Waals surface area (Å²) in [5.74, 6) is -0.818. The molecule has 9 nitrogen and oxygen atoms in total. The standard InChI is InChI=1S/C16H17N3O6/c1-24-9-3-4-10(13(7-9)25-2)12(8-15(21)22)17-16(23)11-5-6-14(20)19-18-11/h3-7,12H,8H2,1-2H3,(H,17,23)(H,19,20)(H,21,22). The molecule has 25 heavy (non-hydrogen) atoms. The summed E-state index contributed by atoms with van der Waals surface area (Å²) in [5.41, 5.74) is -0.0126. The molecule has 0 aliphatic carbocycles. The summed E-state index contributed by atoms with van der Waals surface area (Å²) in [6.45, 7) is 0. The molecule has 1 heterocycles. The number of nitrogens with zero attached hydrogens (tertiary/aromatic N) is 1. The van der Waals surface area contributed by atoms with Gasteiger partial charge in [0.15, 0.2) is 0 Å². The summed E-state index contributed by atoms with van der Waals surface area (Å²) >= 11 is 0. The van der Waals surface area contributed by atoms with Gasteiger partial charge in [0.25, 0.3) is 11.5 Å². The Bertz CT molecular complexity index is 812. The minimum atomic E-state index is -1.10. The van der Waals surface area contributed by atoms with Gasteiger partial charge in [-0.15, -0.1) is 0 Å². The number of methoxy groups -OCH3 is 2. The van der Waals surface area contributed by atoms with E-state index < -0.39 is 23.5 Å². The SMILES string of the molecule is COc1ccc(C(CC(=O)O)NC(=O)c2ccc(=O)[nH]n2)c(OC)c1. The highest BCUT2D eigenvalue weighted by atomic mass is 16.5. The molecule has 1 aromatic carbocycles. The summed E-state index contributed by atoms with van der Waals surface area (Å²) in [7, 11) is 2.92. The zero-order valence-electron chi connectivity index (χ0n) is 13.6. The van der Waals surface area contributed by atoms with E-state index in [0.29, 0.717) is 17.1 Å². The molecule has 9 heteroatoms. The summed E-state index contributed by atoms with van der Waals surface area (Å²) in [5, 5.41) is 17.5. The number of aromatic nitrogens is 2. The lowest BCUT2D eigenvalue weighted by Gasteiger charge is -2.20. The third-order valence-corrected chi connectivity index (χ3v) is 3.41. The number of hydrogen-bond donors (Lipinski definition) is 3. The molecule has 2 rings (SSSR count). The number of carbonyl (C=O) groups excluding carboxylic acids is 1. The van der Waals surface area contributed by atoms with E-state index in [4.69, 9.17) is 14.6 Å². The van der Waals surface area contributed by atoms with Crippen molar-refractivity contribution in [3.8, 4) is 11.5 Å². The zero-order chi connectivity index (χ0) is 18.4. The van der Waals surface area contributed by atoms with Crippen LogP contribution in [0.5, 0.6) is 11.5 Å². The summed E-state index contributed by atoms with van der Waals surface area (Å²) in [6.07, 6.45) is -0.363. The van der Waals surface area contributed by atoms with E-state index >= 15 is 0 Å². The molecule has 0 bridgehead atoms. The van der Waals surface area contributed by atoms with Gasteiger partial charge in [-0.25, -0.2) is 5.10 Å². The zero-order valence-corrected chi connectivity index (χ0v) is 13.6. The topological polar surface area (TPSA) is 131 Å². The van der Waals surface area contributed by atoms with Gasteiger partial charge in [0.2, 0.25) is 0 Å². The van der Waals surface area contributed by atoms with Gasteiger partial charge in [-0.3, -0.25) is 14.4 Å². The smallest absolute Gasteiger partial charge is 0.305 e. The van der Waals surface area contributed by atoms with Crippen molar-refractivity contribution in [3.05, 3.63) is 51.9 Å². The molecule has 1 amide bonds. The molecule has 0 fully saturated rings. The van der Waals surface area contributed by atoms with E-state index in [1.165, 1.54) is 20.3 Å². The maximum Gasteiger partial charge on any atom is 0.305 e. The minimum absolute atomic E-state index is 0.0394. The predicted octanol–water partition coefficient (Wildman–Crippen LogP) is 0.733. The second-order valence-corrected chi connectivity index (χ2v) is 5.04. The van der Waals surface area contributed by atoms with Crippen molar-refractivity contribution in [2.75, 3.05) is 14.2 Å². The van der Waals surface area contributed by atoms with E-state index in [-0.39, 0.29) is 12.1 Å². The van der Waals surface area contributed by atoms with Crippen molar-refractivity contribution < 1.29 is 24.2 Å². The van der Waals surface area contributed by atoms with Crippen molar-refractivity contribution in [2.24, 2.45) is 0 Å². The molecule has 0 spiro atoms. The van der Waals surface area contributed by atoms with Crippen molar-refractivity contribution in [3.63, 3.8) is 0 Å². The number of aliphatic carboxylic acids is 1. The lowest BCUT2D eigenvalue weighted by atomic mass is 10.0. The van der Waals surface area contributed by atoms with Crippen LogP contribution in [0.25, 0.3) is 0 Å². The maximum atomic E-state index is 12.3. The molecule has 0 saturated carbocycles. The Morgan fingerprint density at radius 2 is 2.00 bits per heavy atom. The van der Waals surface area contributed by atoms with Crippen LogP contribution in [0.3, 0.4) is 0 Å². The molecule has 2 aromatic rings. The second-order valence-electron chi connectivity index (χ2n) is 5.04. The van der Waals surface area contributed by atoms with Gasteiger partial charge in [0, 0.05) is 17.7 Å². The summed E-state index contributed by atoms with van der Waals surface area (Å²) in [6, 6.07) is 6.39. The van der Waals surface area contributed by atoms with Crippen LogP contribution in [-0.4, -0.2) is 41.4 Å². The lowest BCUT2D eigenvalue weighted by molar-refractivity contribution is -0.137. The number of benzene rings is 1. The van der Waals surface area contributed by atoms with Gasteiger partial charge in [0.05, 0.1) is 26.7 Å². The highest BCUT2D eigenvalue weighted by Crippen LogP contribution is 2.31. The molecule has 3 N–H and O–H groups in total. The number of carboxylic acid groups (broad SMARTS) is 1. The van der Waals surface area contributed by atoms with Crippen LogP contribution in [0.15, 0.2) is 35.1 Å². The third-order valence-electron chi connectivity index (χ3n) is 3.41. The normalized spacial score (nSPS) is 11.4. The monoisotopic (exact) mass is 347 g/mol. The van der Waals surface area contributed by atoms with Gasteiger partial charge in [-0.1, -0.05) is 0 Å². The Labute approximate surface area is 142 Å². The highest BCUT2D eigenvalue weighted by Gasteiger charge is 2.23. The molecule has 0 aliphatic heterocycles. The van der Waals surface area contributed by atoms with E-state index in [1.54, 1.807) is 18.2 Å². The van der Waals surface area contributed by atoms with Gasteiger partial charge in [0.1, 0.15) is 17.2 Å². The molecule has 0 saturated heterocycles. The lowest BCUT2D eigenvalue weighted by Crippen LogP contribution is -2.31. The summed E-state index contributed by atoms with van der Waals surface area (Å²) in [4.78, 5) is 34.5. The number of ether oxygens (including phenoxy) is 2. The number of rotatable bonds is 7. The van der Waals surface area contributed by atoms with E-state index in [1.807, 2.05) is 0 Å². The van der Waals surface area contributed by atoms with E-state index in [9.17, 15) is 14.4 Å². The first kappa shape index (κ1) is 18.0. The summed E-state index contributed by atoms with van der Waals surface area (Å²) < 4.78 is 10.4. The Kier molecular flexibility index (Phi) is 5.72. The largest absolute Gasteiger partial charge is 0.497 e. The molecule has 132 valence electrons. The molecule has 0 aliphatic rings. The second kappa shape index (κ2) is 7.95. The fourth-order valence-corrected chi connectivity index (χ4v) is 2.22. The molecule has 1 aromatic heterocycles. The minimum Gasteiger partial charge on any atom is -0.497 e. The molecular formula is C16H17N3O6. The average molecular weight is 347 g/mol. The van der Waals surface area contributed by atoms with Crippen molar-refractivity contribution >= 4 is 11.9 Å². The van der Waals surface area contributed by atoms with Crippen molar-refractivity contribution in [1.29, 1.82) is 0 Å². The van der Waals surface area contributed by atoms with Crippen LogP contribution in [0.1, 0.15) is 28.5 Å². The van der Waals surface area contributed by atoms with Crippen molar-refractivity contribution in [1.82, 2.24) is 15.5 Å². The first-order chi connectivity index (χ1) is 11.9. The van der Waals surface area contributed by atoms with Crippen LogP contribution in [0.4, 0.5) is 0 Å². The number of H-pyrrole nitrogens is 1. The first-order valence-corrected chi connectivity index (χ1v) is 7.25. The quantitative estimate of drug-likeness (QED) is 0.673. The fraction of sp³-hybridized carbons (Fsp3) is 0.250. The first-order valence-electron chi connectivity index (χ1n) is 7.25. The van der Waals surface area contributed by atoms with Crippen LogP contribution in [0.2, 0.25) is 0 Å². The predicted molar refractivity (Wildman–Crippen MR) is 86.9 cm³/mol. The van der Waals surface area contributed by atoms with Gasteiger partial charge in [-0.05, 0) is 18.2 Å². The number of hydrogen-bond acceptors (Lipinski definition) is 6. The number of aromatic amines is 1. The number of carboxylic acids is 1. The number of amides is 1. The van der Waals surface area contributed by atoms with Crippen LogP contribution < -0.4 is 20.3 Å². The van der Waals surface area contributed by atoms with E-state index in [0.717, 1.165) is 6.07 Å². The Balaban J connectivity index is 2.33. The number of carbonyl (C=O) groups is 2. The molecule has 1 atom stereocenters. The fourth-order valence-electron chi connectivity index (χ4n) is 2.22. The number of nitrogens with one attached hydrogen (secondary N) is 2. The molecule has 0 radical (unpaired) electrons. The van der Waals surface area contributed by atoms with Crippen LogP contribution in [-0.2, 0) is 4.79 Å². The third kappa shape index (κ3) is 4.56. The van der Waals surface area contributed by atoms with Gasteiger partial charge < -0.3 is 19.9 Å². The molecular weight excluding hydrogens is 330 g/mol. The van der Waals surface area contributed by atoms with Crippen molar-refractivity contribution in [2.45, 2.75) is 12.5 Å².